The van der Waals surface area contributed by atoms with Gasteiger partial charge in [-0.3, -0.25) is 0 Å². The molecule has 0 aliphatic carbocycles. The Morgan fingerprint density at radius 3 is 2.50 bits per heavy atom. The predicted molar refractivity (Wildman–Crippen MR) is 63.1 cm³/mol. The number of hydrogen-bond donors (Lipinski definition) is 1. The summed E-state index contributed by atoms with van der Waals surface area (Å²) in [5, 5.41) is 12.8. The van der Waals surface area contributed by atoms with Gasteiger partial charge in [0.1, 0.15) is 10.8 Å². The van der Waals surface area contributed by atoms with Gasteiger partial charge in [0.05, 0.1) is 6.04 Å². The fraction of sp³-hybridized carbons (Fsp3) is 0.273. The average molecular weight is 237 g/mol. The lowest BCUT2D eigenvalue weighted by atomic mass is 10.1. The van der Waals surface area contributed by atoms with Gasteiger partial charge in [0.25, 0.3) is 0 Å². The predicted octanol–water partition coefficient (Wildman–Crippen LogP) is 3.16. The van der Waals surface area contributed by atoms with Crippen LogP contribution in [0.25, 0.3) is 0 Å². The molecular formula is C11H12FN3S. The van der Waals surface area contributed by atoms with Gasteiger partial charge in [-0.05, 0) is 31.5 Å². The first-order chi connectivity index (χ1) is 7.65. The Kier molecular flexibility index (Phi) is 3.14. The quantitative estimate of drug-likeness (QED) is 0.891. The van der Waals surface area contributed by atoms with E-state index in [9.17, 15) is 4.39 Å². The third-order valence-corrected chi connectivity index (χ3v) is 3.01. The second-order valence-corrected chi connectivity index (χ2v) is 4.73. The maximum absolute atomic E-state index is 12.7. The molecule has 5 heteroatoms. The zero-order valence-corrected chi connectivity index (χ0v) is 9.88. The monoisotopic (exact) mass is 237 g/mol. The van der Waals surface area contributed by atoms with Gasteiger partial charge in [-0.1, -0.05) is 23.5 Å². The minimum Gasteiger partial charge on any atom is -0.354 e. The summed E-state index contributed by atoms with van der Waals surface area (Å²) in [6.07, 6.45) is 0. The van der Waals surface area contributed by atoms with Crippen LogP contribution < -0.4 is 5.32 Å². The van der Waals surface area contributed by atoms with Crippen molar-refractivity contribution in [1.29, 1.82) is 0 Å². The number of hydrogen-bond acceptors (Lipinski definition) is 4. The highest BCUT2D eigenvalue weighted by molar-refractivity contribution is 7.15. The highest BCUT2D eigenvalue weighted by atomic mass is 32.1. The molecule has 1 aromatic heterocycles. The second-order valence-electron chi connectivity index (χ2n) is 3.54. The van der Waals surface area contributed by atoms with Crippen LogP contribution in [0.4, 0.5) is 9.52 Å². The van der Waals surface area contributed by atoms with E-state index in [1.54, 1.807) is 12.1 Å². The van der Waals surface area contributed by atoms with E-state index in [0.717, 1.165) is 15.7 Å². The molecular weight excluding hydrogens is 225 g/mol. The van der Waals surface area contributed by atoms with E-state index in [1.807, 2.05) is 13.8 Å². The van der Waals surface area contributed by atoms with Crippen molar-refractivity contribution in [3.05, 3.63) is 40.7 Å². The standard InChI is InChI=1S/C11H12FN3S/c1-7(9-3-5-10(12)6-4-9)13-11-15-14-8(2)16-11/h3-7H,1-2H3,(H,13,15). The molecule has 3 nitrogen and oxygen atoms in total. The molecule has 1 N–H and O–H groups in total. The van der Waals surface area contributed by atoms with Crippen LogP contribution in [-0.2, 0) is 0 Å². The smallest absolute Gasteiger partial charge is 0.206 e. The largest absolute Gasteiger partial charge is 0.354 e. The summed E-state index contributed by atoms with van der Waals surface area (Å²) in [4.78, 5) is 0. The Balaban J connectivity index is 2.08. The van der Waals surface area contributed by atoms with Crippen LogP contribution in [0.3, 0.4) is 0 Å². The number of nitrogens with one attached hydrogen (secondary N) is 1. The number of aryl methyl sites for hydroxylation is 1. The van der Waals surface area contributed by atoms with Crippen molar-refractivity contribution in [3.8, 4) is 0 Å². The van der Waals surface area contributed by atoms with Crippen LogP contribution in [0.2, 0.25) is 0 Å². The van der Waals surface area contributed by atoms with Crippen molar-refractivity contribution in [2.75, 3.05) is 5.32 Å². The molecule has 1 aromatic carbocycles. The lowest BCUT2D eigenvalue weighted by Gasteiger charge is -2.12. The first-order valence-corrected chi connectivity index (χ1v) is 5.79. The van der Waals surface area contributed by atoms with E-state index < -0.39 is 0 Å². The summed E-state index contributed by atoms with van der Waals surface area (Å²) in [5.41, 5.74) is 1.02. The van der Waals surface area contributed by atoms with E-state index in [-0.39, 0.29) is 11.9 Å². The van der Waals surface area contributed by atoms with E-state index in [2.05, 4.69) is 15.5 Å². The Hall–Kier alpha value is -1.49. The lowest BCUT2D eigenvalue weighted by Crippen LogP contribution is -2.06. The third kappa shape index (κ3) is 2.55. The molecule has 0 spiro atoms. The van der Waals surface area contributed by atoms with Gasteiger partial charge < -0.3 is 5.32 Å². The third-order valence-electron chi connectivity index (χ3n) is 2.24. The maximum atomic E-state index is 12.7. The number of benzene rings is 1. The average Bonchev–Trinajstić information content (AvgIpc) is 2.65. The molecule has 16 heavy (non-hydrogen) atoms. The zero-order chi connectivity index (χ0) is 11.5. The molecule has 0 bridgehead atoms. The first-order valence-electron chi connectivity index (χ1n) is 4.97. The summed E-state index contributed by atoms with van der Waals surface area (Å²) in [6, 6.07) is 6.53. The van der Waals surface area contributed by atoms with E-state index >= 15 is 0 Å². The number of anilines is 1. The van der Waals surface area contributed by atoms with Crippen molar-refractivity contribution in [1.82, 2.24) is 10.2 Å². The van der Waals surface area contributed by atoms with Gasteiger partial charge >= 0.3 is 0 Å². The van der Waals surface area contributed by atoms with Crippen molar-refractivity contribution < 1.29 is 4.39 Å². The summed E-state index contributed by atoms with van der Waals surface area (Å²) >= 11 is 1.51. The Morgan fingerprint density at radius 2 is 1.94 bits per heavy atom. The van der Waals surface area contributed by atoms with Crippen LogP contribution in [0.1, 0.15) is 23.5 Å². The van der Waals surface area contributed by atoms with E-state index in [0.29, 0.717) is 0 Å². The van der Waals surface area contributed by atoms with Crippen molar-refractivity contribution >= 4 is 16.5 Å². The summed E-state index contributed by atoms with van der Waals surface area (Å²) < 4.78 is 12.7. The highest BCUT2D eigenvalue weighted by Crippen LogP contribution is 2.21. The van der Waals surface area contributed by atoms with Crippen LogP contribution in [-0.4, -0.2) is 10.2 Å². The summed E-state index contributed by atoms with van der Waals surface area (Å²) in [6.45, 7) is 3.91. The lowest BCUT2D eigenvalue weighted by molar-refractivity contribution is 0.626. The Morgan fingerprint density at radius 1 is 1.25 bits per heavy atom. The first kappa shape index (κ1) is 11.0. The fourth-order valence-electron chi connectivity index (χ4n) is 1.37. The van der Waals surface area contributed by atoms with Crippen molar-refractivity contribution in [2.24, 2.45) is 0 Å². The van der Waals surface area contributed by atoms with E-state index in [4.69, 9.17) is 0 Å². The van der Waals surface area contributed by atoms with E-state index in [1.165, 1.54) is 23.5 Å². The molecule has 0 amide bonds. The Labute approximate surface area is 97.3 Å². The second kappa shape index (κ2) is 4.57. The zero-order valence-electron chi connectivity index (χ0n) is 9.07. The van der Waals surface area contributed by atoms with Gasteiger partial charge in [0.2, 0.25) is 5.13 Å². The van der Waals surface area contributed by atoms with Gasteiger partial charge in [0.15, 0.2) is 0 Å². The van der Waals surface area contributed by atoms with Crippen LogP contribution in [0.5, 0.6) is 0 Å². The SMILES string of the molecule is Cc1nnc(NC(C)c2ccc(F)cc2)s1. The van der Waals surface area contributed by atoms with Crippen molar-refractivity contribution in [2.45, 2.75) is 19.9 Å². The topological polar surface area (TPSA) is 37.8 Å². The number of aromatic nitrogens is 2. The minimum absolute atomic E-state index is 0.0907. The fourth-order valence-corrected chi connectivity index (χ4v) is 2.05. The molecule has 2 rings (SSSR count). The molecule has 0 saturated heterocycles. The molecule has 0 aliphatic heterocycles. The number of nitrogens with zero attached hydrogens (tertiary/aromatic N) is 2. The van der Waals surface area contributed by atoms with Crippen LogP contribution in [0.15, 0.2) is 24.3 Å². The highest BCUT2D eigenvalue weighted by Gasteiger charge is 2.07. The molecule has 1 atom stereocenters. The molecule has 0 radical (unpaired) electrons. The van der Waals surface area contributed by atoms with Gasteiger partial charge in [0, 0.05) is 0 Å². The molecule has 2 aromatic rings. The Bertz CT molecular complexity index is 466. The normalized spacial score (nSPS) is 12.4. The van der Waals surface area contributed by atoms with Crippen LogP contribution in [0, 0.1) is 12.7 Å². The summed E-state index contributed by atoms with van der Waals surface area (Å²) in [7, 11) is 0. The van der Waals surface area contributed by atoms with Gasteiger partial charge in [-0.15, -0.1) is 10.2 Å². The molecule has 84 valence electrons. The number of halogens is 1. The van der Waals surface area contributed by atoms with Gasteiger partial charge in [-0.2, -0.15) is 0 Å². The molecule has 0 fully saturated rings. The van der Waals surface area contributed by atoms with Crippen molar-refractivity contribution in [3.63, 3.8) is 0 Å². The van der Waals surface area contributed by atoms with Gasteiger partial charge in [-0.25, -0.2) is 4.39 Å². The molecule has 1 heterocycles. The molecule has 0 aliphatic rings. The number of rotatable bonds is 3. The molecule has 1 unspecified atom stereocenters. The maximum Gasteiger partial charge on any atom is 0.206 e. The van der Waals surface area contributed by atoms with Crippen LogP contribution >= 0.6 is 11.3 Å². The summed E-state index contributed by atoms with van der Waals surface area (Å²) in [5.74, 6) is -0.220. The minimum atomic E-state index is -0.220. The molecule has 0 saturated carbocycles.